The fourth-order valence-electron chi connectivity index (χ4n) is 4.86. The number of imidazole rings is 1. The Morgan fingerprint density at radius 3 is 2.48 bits per heavy atom. The zero-order chi connectivity index (χ0) is 31.4. The second-order valence-corrected chi connectivity index (χ2v) is 9.99. The molecule has 0 aliphatic rings. The van der Waals surface area contributed by atoms with Gasteiger partial charge in [-0.2, -0.15) is 5.26 Å². The van der Waals surface area contributed by atoms with Crippen molar-refractivity contribution < 1.29 is 32.2 Å². The monoisotopic (exact) mass is 600 g/mol. The number of rotatable bonds is 10. The fraction of sp³-hybridized carbons (Fsp3) is 0.212. The molecule has 0 bridgehead atoms. The Morgan fingerprint density at radius 1 is 0.955 bits per heavy atom. The SMILES string of the molecule is COCCn1c(Cc2cc(F)c(-c3cccc(OCc4ccc(C#N)cc4F)n3)cc2F)nc2c(C)cc(C(=O)OC)cc21. The summed E-state index contributed by atoms with van der Waals surface area (Å²) >= 11 is 0. The van der Waals surface area contributed by atoms with Crippen LogP contribution >= 0.6 is 0 Å². The number of hydrogen-bond donors (Lipinski definition) is 0. The van der Waals surface area contributed by atoms with Crippen LogP contribution in [0.1, 0.15) is 38.4 Å². The maximum absolute atomic E-state index is 15.5. The van der Waals surface area contributed by atoms with Crippen molar-refractivity contribution in [1.29, 1.82) is 5.26 Å². The van der Waals surface area contributed by atoms with Gasteiger partial charge in [-0.25, -0.2) is 27.9 Å². The fourth-order valence-corrected chi connectivity index (χ4v) is 4.86. The first-order chi connectivity index (χ1) is 21.2. The molecule has 0 saturated carbocycles. The molecule has 0 atom stereocenters. The van der Waals surface area contributed by atoms with Crippen LogP contribution < -0.4 is 4.74 Å². The van der Waals surface area contributed by atoms with E-state index in [4.69, 9.17) is 24.5 Å². The topological polar surface area (TPSA) is 99.3 Å². The zero-order valence-corrected chi connectivity index (χ0v) is 24.2. The van der Waals surface area contributed by atoms with Gasteiger partial charge in [0.1, 0.15) is 29.9 Å². The van der Waals surface area contributed by atoms with Gasteiger partial charge in [-0.1, -0.05) is 12.1 Å². The summed E-state index contributed by atoms with van der Waals surface area (Å²) in [5, 5.41) is 8.91. The highest BCUT2D eigenvalue weighted by Crippen LogP contribution is 2.29. The van der Waals surface area contributed by atoms with Gasteiger partial charge in [-0.3, -0.25) is 0 Å². The van der Waals surface area contributed by atoms with E-state index in [9.17, 15) is 9.18 Å². The Labute approximate surface area is 251 Å². The number of pyridine rings is 1. The van der Waals surface area contributed by atoms with Gasteiger partial charge in [-0.05, 0) is 60.5 Å². The van der Waals surface area contributed by atoms with Crippen molar-refractivity contribution in [2.24, 2.45) is 0 Å². The Kier molecular flexibility index (Phi) is 8.92. The van der Waals surface area contributed by atoms with Crippen molar-refractivity contribution in [1.82, 2.24) is 14.5 Å². The summed E-state index contributed by atoms with van der Waals surface area (Å²) in [7, 11) is 2.85. The summed E-state index contributed by atoms with van der Waals surface area (Å²) in [6.45, 7) is 2.34. The van der Waals surface area contributed by atoms with E-state index in [0.717, 1.165) is 23.8 Å². The van der Waals surface area contributed by atoms with E-state index < -0.39 is 23.4 Å². The van der Waals surface area contributed by atoms with Gasteiger partial charge < -0.3 is 18.8 Å². The number of aryl methyl sites for hydroxylation is 1. The smallest absolute Gasteiger partial charge is 0.337 e. The molecule has 0 fully saturated rings. The number of halogens is 3. The van der Waals surface area contributed by atoms with Gasteiger partial charge in [0.25, 0.3) is 0 Å². The van der Waals surface area contributed by atoms with Crippen LogP contribution in [0.3, 0.4) is 0 Å². The molecule has 11 heteroatoms. The molecular formula is C33H27F3N4O4. The van der Waals surface area contributed by atoms with Crippen molar-refractivity contribution in [3.05, 3.63) is 112 Å². The quantitative estimate of drug-likeness (QED) is 0.174. The molecule has 5 aromatic rings. The molecule has 2 aromatic heterocycles. The van der Waals surface area contributed by atoms with Gasteiger partial charge in [0.2, 0.25) is 5.88 Å². The van der Waals surface area contributed by atoms with Crippen molar-refractivity contribution in [3.63, 3.8) is 0 Å². The van der Waals surface area contributed by atoms with Gasteiger partial charge in [0, 0.05) is 37.3 Å². The minimum atomic E-state index is -0.701. The number of hydrogen-bond acceptors (Lipinski definition) is 7. The molecule has 3 aromatic carbocycles. The van der Waals surface area contributed by atoms with Crippen LogP contribution in [0.25, 0.3) is 22.3 Å². The van der Waals surface area contributed by atoms with Crippen LogP contribution in [-0.2, 0) is 29.0 Å². The summed E-state index contributed by atoms with van der Waals surface area (Å²) < 4.78 is 62.7. The first-order valence-electron chi connectivity index (χ1n) is 13.6. The van der Waals surface area contributed by atoms with Crippen LogP contribution in [0.2, 0.25) is 0 Å². The molecule has 0 N–H and O–H groups in total. The number of nitriles is 1. The third-order valence-electron chi connectivity index (χ3n) is 7.11. The number of ether oxygens (including phenoxy) is 3. The number of fused-ring (bicyclic) bond motifs is 1. The second kappa shape index (κ2) is 13.0. The Balaban J connectivity index is 1.43. The molecule has 0 amide bonds. The van der Waals surface area contributed by atoms with Crippen LogP contribution in [-0.4, -0.2) is 41.3 Å². The Bertz CT molecular complexity index is 1920. The van der Waals surface area contributed by atoms with E-state index in [1.807, 2.05) is 17.6 Å². The van der Waals surface area contributed by atoms with Crippen LogP contribution in [0.5, 0.6) is 5.88 Å². The summed E-state index contributed by atoms with van der Waals surface area (Å²) in [5.41, 5.74) is 2.89. The molecule has 0 unspecified atom stereocenters. The van der Waals surface area contributed by atoms with Gasteiger partial charge in [-0.15, -0.1) is 0 Å². The molecule has 8 nitrogen and oxygen atoms in total. The average Bonchev–Trinajstić information content (AvgIpc) is 3.37. The van der Waals surface area contributed by atoms with Gasteiger partial charge in [0.05, 0.1) is 47.6 Å². The second-order valence-electron chi connectivity index (χ2n) is 9.99. The lowest BCUT2D eigenvalue weighted by molar-refractivity contribution is 0.0600. The van der Waals surface area contributed by atoms with Gasteiger partial charge in [0.15, 0.2) is 0 Å². The van der Waals surface area contributed by atoms with E-state index >= 15 is 8.78 Å². The molecular weight excluding hydrogens is 573 g/mol. The molecule has 0 spiro atoms. The number of methoxy groups -OCH3 is 2. The van der Waals surface area contributed by atoms with Gasteiger partial charge >= 0.3 is 5.97 Å². The van der Waals surface area contributed by atoms with Crippen molar-refractivity contribution >= 4 is 17.0 Å². The molecule has 2 heterocycles. The minimum absolute atomic E-state index is 0.0266. The molecule has 0 aliphatic heterocycles. The highest BCUT2D eigenvalue weighted by atomic mass is 19.1. The van der Waals surface area contributed by atoms with Crippen molar-refractivity contribution in [3.8, 4) is 23.2 Å². The maximum atomic E-state index is 15.5. The number of aromatic nitrogens is 3. The minimum Gasteiger partial charge on any atom is -0.473 e. The lowest BCUT2D eigenvalue weighted by Crippen LogP contribution is -2.10. The summed E-state index contributed by atoms with van der Waals surface area (Å²) in [6.07, 6.45) is -0.0266. The normalized spacial score (nSPS) is 11.0. The predicted octanol–water partition coefficient (Wildman–Crippen LogP) is 6.30. The number of carbonyl (C=O) groups is 1. The number of nitrogens with zero attached hydrogens (tertiary/aromatic N) is 4. The number of benzene rings is 3. The molecule has 44 heavy (non-hydrogen) atoms. The molecule has 5 rings (SSSR count). The zero-order valence-electron chi connectivity index (χ0n) is 24.2. The molecule has 0 aliphatic carbocycles. The lowest BCUT2D eigenvalue weighted by Gasteiger charge is -2.12. The Morgan fingerprint density at radius 2 is 1.75 bits per heavy atom. The van der Waals surface area contributed by atoms with E-state index in [1.54, 1.807) is 25.3 Å². The largest absolute Gasteiger partial charge is 0.473 e. The van der Waals surface area contributed by atoms with Crippen molar-refractivity contribution in [2.45, 2.75) is 26.5 Å². The summed E-state index contributed by atoms with van der Waals surface area (Å²) in [4.78, 5) is 21.2. The molecule has 0 radical (unpaired) electrons. The maximum Gasteiger partial charge on any atom is 0.337 e. The first-order valence-corrected chi connectivity index (χ1v) is 13.6. The van der Waals surface area contributed by atoms with E-state index in [0.29, 0.717) is 35.6 Å². The number of carbonyl (C=O) groups excluding carboxylic acids is 1. The standard InChI is InChI=1S/C33H27F3N4O4/c1-19-11-23(33(41)43-3)14-29-32(19)39-30(40(29)9-10-42-2)15-22-13-27(36)24(16-26(22)35)28-5-4-6-31(38-28)44-18-21-8-7-20(17-37)12-25(21)34/h4-8,11-14,16H,9-10,15,18H2,1-3H3. The highest BCUT2D eigenvalue weighted by molar-refractivity contribution is 5.95. The average molecular weight is 601 g/mol. The van der Waals surface area contributed by atoms with Crippen LogP contribution in [0, 0.1) is 35.7 Å². The third kappa shape index (κ3) is 6.26. The van der Waals surface area contributed by atoms with Crippen LogP contribution in [0.4, 0.5) is 13.2 Å². The van der Waals surface area contributed by atoms with E-state index in [-0.39, 0.29) is 46.9 Å². The van der Waals surface area contributed by atoms with Crippen LogP contribution in [0.15, 0.2) is 60.7 Å². The first kappa shape index (κ1) is 30.3. The molecule has 0 saturated heterocycles. The van der Waals surface area contributed by atoms with Crippen molar-refractivity contribution in [2.75, 3.05) is 20.8 Å². The van der Waals surface area contributed by atoms with E-state index in [1.165, 1.54) is 31.4 Å². The lowest BCUT2D eigenvalue weighted by atomic mass is 10.0. The summed E-state index contributed by atoms with van der Waals surface area (Å²) in [6, 6.07) is 16.0. The third-order valence-corrected chi connectivity index (χ3v) is 7.11. The number of esters is 1. The molecule has 224 valence electrons. The highest BCUT2D eigenvalue weighted by Gasteiger charge is 2.20. The summed E-state index contributed by atoms with van der Waals surface area (Å²) in [5.74, 6) is -1.90. The Hall–Kier alpha value is -5.21. The van der Waals surface area contributed by atoms with E-state index in [2.05, 4.69) is 4.98 Å². The predicted molar refractivity (Wildman–Crippen MR) is 156 cm³/mol.